The SMILES string of the molecule is CC(C)/C=C(/C#N)N(C)c1ccccc1. The van der Waals surface area contributed by atoms with E-state index in [4.69, 9.17) is 5.26 Å². The van der Waals surface area contributed by atoms with Gasteiger partial charge in [0.1, 0.15) is 11.8 Å². The number of rotatable bonds is 3. The monoisotopic (exact) mass is 200 g/mol. The smallest absolute Gasteiger partial charge is 0.117 e. The van der Waals surface area contributed by atoms with E-state index in [1.165, 1.54) is 0 Å². The number of hydrogen-bond acceptors (Lipinski definition) is 2. The summed E-state index contributed by atoms with van der Waals surface area (Å²) in [5.74, 6) is 0.380. The Morgan fingerprint density at radius 2 is 1.93 bits per heavy atom. The lowest BCUT2D eigenvalue weighted by atomic mass is 10.1. The Labute approximate surface area is 91.4 Å². The molecule has 0 spiro atoms. The van der Waals surface area contributed by atoms with Crippen molar-refractivity contribution in [2.45, 2.75) is 13.8 Å². The fraction of sp³-hybridized carbons (Fsp3) is 0.308. The summed E-state index contributed by atoms with van der Waals surface area (Å²) in [4.78, 5) is 1.90. The minimum Gasteiger partial charge on any atom is -0.336 e. The van der Waals surface area contributed by atoms with Gasteiger partial charge in [0.05, 0.1) is 0 Å². The van der Waals surface area contributed by atoms with Gasteiger partial charge in [-0.2, -0.15) is 5.26 Å². The van der Waals surface area contributed by atoms with Crippen LogP contribution in [0.25, 0.3) is 0 Å². The molecule has 0 amide bonds. The lowest BCUT2D eigenvalue weighted by Crippen LogP contribution is -2.15. The third kappa shape index (κ3) is 3.14. The Bertz CT molecular complexity index is 371. The standard InChI is InChI=1S/C13H16N2/c1-11(2)9-13(10-14)15(3)12-7-5-4-6-8-12/h4-9,11H,1-3H3/b13-9-. The number of nitriles is 1. The highest BCUT2D eigenvalue weighted by atomic mass is 15.1. The minimum atomic E-state index is 0.380. The number of benzene rings is 1. The van der Waals surface area contributed by atoms with Crippen LogP contribution in [0, 0.1) is 17.2 Å². The maximum absolute atomic E-state index is 9.05. The molecular weight excluding hydrogens is 184 g/mol. The molecule has 78 valence electrons. The molecule has 0 saturated carbocycles. The zero-order valence-electron chi connectivity index (χ0n) is 9.44. The molecule has 1 aromatic carbocycles. The number of anilines is 1. The van der Waals surface area contributed by atoms with E-state index in [1.54, 1.807) is 0 Å². The number of hydrogen-bond donors (Lipinski definition) is 0. The highest BCUT2D eigenvalue weighted by molar-refractivity contribution is 5.54. The molecule has 2 nitrogen and oxygen atoms in total. The first kappa shape index (κ1) is 11.3. The van der Waals surface area contributed by atoms with E-state index >= 15 is 0 Å². The molecule has 0 fully saturated rings. The third-order valence-electron chi connectivity index (χ3n) is 2.11. The van der Waals surface area contributed by atoms with E-state index in [0.717, 1.165) is 5.69 Å². The first-order chi connectivity index (χ1) is 7.15. The molecular formula is C13H16N2. The van der Waals surface area contributed by atoms with Crippen molar-refractivity contribution in [1.29, 1.82) is 5.26 Å². The molecule has 0 aromatic heterocycles. The van der Waals surface area contributed by atoms with Gasteiger partial charge in [0.25, 0.3) is 0 Å². The third-order valence-corrected chi connectivity index (χ3v) is 2.11. The zero-order chi connectivity index (χ0) is 11.3. The van der Waals surface area contributed by atoms with Crippen molar-refractivity contribution < 1.29 is 0 Å². The van der Waals surface area contributed by atoms with Gasteiger partial charge in [0.2, 0.25) is 0 Å². The van der Waals surface area contributed by atoms with Crippen LogP contribution in [-0.2, 0) is 0 Å². The van der Waals surface area contributed by atoms with Gasteiger partial charge in [-0.15, -0.1) is 0 Å². The van der Waals surface area contributed by atoms with E-state index in [0.29, 0.717) is 11.6 Å². The Kier molecular flexibility index (Phi) is 3.93. The topological polar surface area (TPSA) is 27.0 Å². The molecule has 1 rings (SSSR count). The first-order valence-electron chi connectivity index (χ1n) is 5.06. The van der Waals surface area contributed by atoms with E-state index in [-0.39, 0.29) is 0 Å². The van der Waals surface area contributed by atoms with Gasteiger partial charge in [-0.3, -0.25) is 0 Å². The highest BCUT2D eigenvalue weighted by Crippen LogP contribution is 2.17. The average molecular weight is 200 g/mol. The van der Waals surface area contributed by atoms with Gasteiger partial charge in [0, 0.05) is 12.7 Å². The molecule has 2 heteroatoms. The largest absolute Gasteiger partial charge is 0.336 e. The number of allylic oxidation sites excluding steroid dienone is 2. The van der Waals surface area contributed by atoms with Crippen molar-refractivity contribution in [3.63, 3.8) is 0 Å². The summed E-state index contributed by atoms with van der Waals surface area (Å²) in [6.07, 6.45) is 1.97. The van der Waals surface area contributed by atoms with E-state index in [2.05, 4.69) is 19.9 Å². The van der Waals surface area contributed by atoms with Gasteiger partial charge in [0.15, 0.2) is 0 Å². The summed E-state index contributed by atoms with van der Waals surface area (Å²) in [6.45, 7) is 4.13. The Morgan fingerprint density at radius 1 is 1.33 bits per heavy atom. The second-order valence-corrected chi connectivity index (χ2v) is 3.80. The van der Waals surface area contributed by atoms with E-state index < -0.39 is 0 Å². The van der Waals surface area contributed by atoms with Crippen molar-refractivity contribution in [1.82, 2.24) is 0 Å². The Hall–Kier alpha value is -1.75. The molecule has 0 aliphatic rings. The molecule has 0 bridgehead atoms. The van der Waals surface area contributed by atoms with E-state index in [9.17, 15) is 0 Å². The van der Waals surface area contributed by atoms with Crippen molar-refractivity contribution in [3.05, 3.63) is 42.1 Å². The van der Waals surface area contributed by atoms with Gasteiger partial charge in [-0.1, -0.05) is 32.0 Å². The molecule has 0 atom stereocenters. The Balaban J connectivity index is 2.94. The summed E-state index contributed by atoms with van der Waals surface area (Å²) in [7, 11) is 1.91. The van der Waals surface area contributed by atoms with Crippen LogP contribution in [0.4, 0.5) is 5.69 Å². The second kappa shape index (κ2) is 5.21. The van der Waals surface area contributed by atoms with Crippen LogP contribution in [0.2, 0.25) is 0 Å². The molecule has 0 heterocycles. The fourth-order valence-electron chi connectivity index (χ4n) is 1.33. The molecule has 0 aliphatic carbocycles. The zero-order valence-corrected chi connectivity index (χ0v) is 9.44. The maximum atomic E-state index is 9.05. The van der Waals surface area contributed by atoms with Gasteiger partial charge in [-0.05, 0) is 24.1 Å². The van der Waals surface area contributed by atoms with Crippen LogP contribution < -0.4 is 4.90 Å². The fourth-order valence-corrected chi connectivity index (χ4v) is 1.33. The van der Waals surface area contributed by atoms with Gasteiger partial charge < -0.3 is 4.90 Å². The summed E-state index contributed by atoms with van der Waals surface area (Å²) >= 11 is 0. The summed E-state index contributed by atoms with van der Waals surface area (Å²) in [5.41, 5.74) is 1.72. The van der Waals surface area contributed by atoms with E-state index in [1.807, 2.05) is 48.4 Å². The molecule has 0 aliphatic heterocycles. The molecule has 0 N–H and O–H groups in total. The molecule has 0 radical (unpaired) electrons. The quantitative estimate of drug-likeness (QED) is 0.701. The molecule has 15 heavy (non-hydrogen) atoms. The summed E-state index contributed by atoms with van der Waals surface area (Å²) < 4.78 is 0. The van der Waals surface area contributed by atoms with Crippen molar-refractivity contribution in [2.75, 3.05) is 11.9 Å². The molecule has 1 aromatic rings. The average Bonchev–Trinajstić information content (AvgIpc) is 2.26. The molecule has 0 unspecified atom stereocenters. The van der Waals surface area contributed by atoms with Crippen LogP contribution >= 0.6 is 0 Å². The van der Waals surface area contributed by atoms with Crippen LogP contribution in [0.1, 0.15) is 13.8 Å². The summed E-state index contributed by atoms with van der Waals surface area (Å²) in [5, 5.41) is 9.05. The van der Waals surface area contributed by atoms with Crippen LogP contribution in [0.5, 0.6) is 0 Å². The second-order valence-electron chi connectivity index (χ2n) is 3.80. The maximum Gasteiger partial charge on any atom is 0.117 e. The normalized spacial score (nSPS) is 11.3. The van der Waals surface area contributed by atoms with Crippen LogP contribution in [0.15, 0.2) is 42.1 Å². The molecule has 0 saturated heterocycles. The Morgan fingerprint density at radius 3 is 2.40 bits per heavy atom. The minimum absolute atomic E-state index is 0.380. The number of nitrogens with zero attached hydrogens (tertiary/aromatic N) is 2. The van der Waals surface area contributed by atoms with Crippen molar-refractivity contribution >= 4 is 5.69 Å². The van der Waals surface area contributed by atoms with Crippen LogP contribution in [-0.4, -0.2) is 7.05 Å². The van der Waals surface area contributed by atoms with Crippen LogP contribution in [0.3, 0.4) is 0 Å². The lowest BCUT2D eigenvalue weighted by molar-refractivity contribution is 0.820. The lowest BCUT2D eigenvalue weighted by Gasteiger charge is -2.18. The highest BCUT2D eigenvalue weighted by Gasteiger charge is 2.05. The first-order valence-corrected chi connectivity index (χ1v) is 5.06. The number of para-hydroxylation sites is 1. The predicted octanol–water partition coefficient (Wildman–Crippen LogP) is 3.19. The van der Waals surface area contributed by atoms with Gasteiger partial charge in [-0.25, -0.2) is 0 Å². The summed E-state index contributed by atoms with van der Waals surface area (Å²) in [6, 6.07) is 12.1. The van der Waals surface area contributed by atoms with Crippen molar-refractivity contribution in [2.24, 2.45) is 5.92 Å². The van der Waals surface area contributed by atoms with Crippen molar-refractivity contribution in [3.8, 4) is 6.07 Å². The van der Waals surface area contributed by atoms with Gasteiger partial charge >= 0.3 is 0 Å². The predicted molar refractivity (Wildman–Crippen MR) is 63.4 cm³/mol.